The van der Waals surface area contributed by atoms with Crippen molar-refractivity contribution in [2.24, 2.45) is 10.8 Å². The van der Waals surface area contributed by atoms with Gasteiger partial charge < -0.3 is 0 Å². The van der Waals surface area contributed by atoms with E-state index in [1.54, 1.807) is 10.1 Å². The molecule has 1 nitrogen and oxygen atoms in total. The maximum atomic E-state index is 5.11. The molecule has 3 heteroatoms. The zero-order valence-corrected chi connectivity index (χ0v) is 28.4. The summed E-state index contributed by atoms with van der Waals surface area (Å²) in [7, 11) is -1.87. The molecule has 2 aromatic heterocycles. The summed E-state index contributed by atoms with van der Waals surface area (Å²) in [5.41, 5.74) is 6.98. The van der Waals surface area contributed by atoms with Crippen LogP contribution in [0.15, 0.2) is 48.7 Å². The first-order chi connectivity index (χ1) is 18.8. The first-order valence-electron chi connectivity index (χ1n) is 15.7. The predicted molar refractivity (Wildman–Crippen MR) is 182 cm³/mol. The molecule has 0 bridgehead atoms. The van der Waals surface area contributed by atoms with Crippen molar-refractivity contribution in [3.63, 3.8) is 0 Å². The summed E-state index contributed by atoms with van der Waals surface area (Å²) >= 11 is 2.15. The van der Waals surface area contributed by atoms with Crippen molar-refractivity contribution in [3.8, 4) is 11.3 Å². The number of hydrogen-bond acceptors (Lipinski definition) is 2. The normalized spacial score (nSPS) is 15.9. The van der Waals surface area contributed by atoms with E-state index in [2.05, 4.69) is 122 Å². The monoisotopic (exact) mass is 569 g/mol. The third kappa shape index (κ3) is 5.84. The number of pyridine rings is 1. The van der Waals surface area contributed by atoms with Crippen LogP contribution in [0, 0.1) is 17.8 Å². The van der Waals surface area contributed by atoms with Crippen molar-refractivity contribution in [1.82, 2.24) is 4.98 Å². The van der Waals surface area contributed by atoms with Crippen LogP contribution in [0.3, 0.4) is 0 Å². The largest absolute Gasteiger partial charge is 0.255 e. The van der Waals surface area contributed by atoms with Crippen LogP contribution in [0.2, 0.25) is 17.6 Å². The molecule has 214 valence electrons. The van der Waals surface area contributed by atoms with E-state index in [1.165, 1.54) is 81.9 Å². The Hall–Kier alpha value is -1.97. The van der Waals surface area contributed by atoms with Gasteiger partial charge in [0.2, 0.25) is 0 Å². The van der Waals surface area contributed by atoms with Crippen molar-refractivity contribution >= 4 is 44.8 Å². The van der Waals surface area contributed by atoms with Gasteiger partial charge in [0, 0.05) is 11.8 Å². The molecule has 1 aliphatic rings. The number of aryl methyl sites for hydroxylation is 1. The molecule has 0 saturated heterocycles. The van der Waals surface area contributed by atoms with Crippen molar-refractivity contribution in [2.45, 2.75) is 118 Å². The maximum Gasteiger partial charge on any atom is 0.104 e. The van der Waals surface area contributed by atoms with Crippen LogP contribution in [-0.4, -0.2) is 13.1 Å². The van der Waals surface area contributed by atoms with Crippen molar-refractivity contribution in [3.05, 3.63) is 59.8 Å². The van der Waals surface area contributed by atoms with Gasteiger partial charge in [-0.1, -0.05) is 112 Å². The highest BCUT2D eigenvalue weighted by molar-refractivity contribution is 7.32. The predicted octanol–water partition coefficient (Wildman–Crippen LogP) is 11.6. The highest BCUT2D eigenvalue weighted by Gasteiger charge is 2.49. The average Bonchev–Trinajstić information content (AvgIpc) is 3.23. The fraction of sp³-hybridized carbons (Fsp3) is 0.541. The first-order valence-corrected chi connectivity index (χ1v) is 19.0. The minimum absolute atomic E-state index is 0.323. The average molecular weight is 570 g/mol. The molecule has 2 heterocycles. The SMILES string of the molecule is Cc1c([Si](CC(C)(C)C)(CC(C)(C)C)C2CCCCC2)sc2c(-c3cc(C(C)C)c4ccccc4c3)nccc12. The third-order valence-electron chi connectivity index (χ3n) is 9.17. The van der Waals surface area contributed by atoms with Crippen LogP contribution in [0.25, 0.3) is 32.1 Å². The fourth-order valence-corrected chi connectivity index (χ4v) is 18.7. The Morgan fingerprint density at radius 1 is 0.875 bits per heavy atom. The number of rotatable bonds is 6. The van der Waals surface area contributed by atoms with E-state index in [0.29, 0.717) is 16.7 Å². The first kappa shape index (κ1) is 29.5. The van der Waals surface area contributed by atoms with Gasteiger partial charge in [-0.05, 0) is 91.3 Å². The number of benzene rings is 2. The molecule has 2 aromatic carbocycles. The summed E-state index contributed by atoms with van der Waals surface area (Å²) in [5, 5.41) is 4.14. The molecular formula is C37H51NSSi. The van der Waals surface area contributed by atoms with Gasteiger partial charge in [0.05, 0.1) is 10.4 Å². The summed E-state index contributed by atoms with van der Waals surface area (Å²) in [6.45, 7) is 22.1. The molecule has 0 atom stereocenters. The molecule has 0 radical (unpaired) electrons. The van der Waals surface area contributed by atoms with Crippen molar-refractivity contribution < 1.29 is 0 Å². The number of aromatic nitrogens is 1. The molecular weight excluding hydrogens is 519 g/mol. The second kappa shape index (κ2) is 11.0. The number of hydrogen-bond donors (Lipinski definition) is 0. The quantitative estimate of drug-likeness (QED) is 0.210. The topological polar surface area (TPSA) is 12.9 Å². The highest BCUT2D eigenvalue weighted by atomic mass is 32.1. The van der Waals surface area contributed by atoms with Crippen LogP contribution >= 0.6 is 11.3 Å². The summed E-state index contributed by atoms with van der Waals surface area (Å²) in [5.74, 6) is 0.467. The number of nitrogens with zero attached hydrogens (tertiary/aromatic N) is 1. The zero-order chi connectivity index (χ0) is 28.9. The van der Waals surface area contributed by atoms with Gasteiger partial charge in [0.25, 0.3) is 0 Å². The van der Waals surface area contributed by atoms with E-state index >= 15 is 0 Å². The Kier molecular flexibility index (Phi) is 8.13. The molecule has 0 N–H and O–H groups in total. The third-order valence-corrected chi connectivity index (χ3v) is 18.6. The van der Waals surface area contributed by atoms with Gasteiger partial charge >= 0.3 is 0 Å². The van der Waals surface area contributed by atoms with Crippen LogP contribution in [0.4, 0.5) is 0 Å². The van der Waals surface area contributed by atoms with Crippen LogP contribution in [-0.2, 0) is 0 Å². The molecule has 1 saturated carbocycles. The highest BCUT2D eigenvalue weighted by Crippen LogP contribution is 2.50. The molecule has 4 aromatic rings. The van der Waals surface area contributed by atoms with Crippen LogP contribution in [0.1, 0.15) is 105 Å². The Morgan fingerprint density at radius 2 is 1.52 bits per heavy atom. The van der Waals surface area contributed by atoms with Gasteiger partial charge in [-0.25, -0.2) is 0 Å². The second-order valence-electron chi connectivity index (χ2n) is 15.5. The van der Waals surface area contributed by atoms with Gasteiger partial charge in [0.1, 0.15) is 8.07 Å². The van der Waals surface area contributed by atoms with Gasteiger partial charge in [-0.2, -0.15) is 0 Å². The van der Waals surface area contributed by atoms with Crippen molar-refractivity contribution in [2.75, 3.05) is 0 Å². The Morgan fingerprint density at radius 3 is 2.15 bits per heavy atom. The lowest BCUT2D eigenvalue weighted by atomic mass is 9.92. The number of fused-ring (bicyclic) bond motifs is 2. The Balaban J connectivity index is 1.77. The summed E-state index contributed by atoms with van der Waals surface area (Å²) in [6, 6.07) is 18.8. The lowest BCUT2D eigenvalue weighted by molar-refractivity contribution is 0.413. The van der Waals surface area contributed by atoms with E-state index in [0.717, 1.165) is 5.54 Å². The summed E-state index contributed by atoms with van der Waals surface area (Å²) < 4.78 is 3.20. The zero-order valence-electron chi connectivity index (χ0n) is 26.6. The minimum atomic E-state index is -1.87. The standard InChI is InChI=1S/C37H51NSSi/c1-25(2)32-22-28(21-27-15-13-14-18-31(27)32)33-34-30(19-20-38-33)26(3)35(39-34)40(23-36(4,5)6,24-37(7,8)9)29-16-11-10-12-17-29/h13-15,18-22,25,29H,10-12,16-17,23-24H2,1-9H3. The van der Waals surface area contributed by atoms with E-state index in [1.807, 2.05) is 0 Å². The van der Waals surface area contributed by atoms with E-state index in [9.17, 15) is 0 Å². The fourth-order valence-electron chi connectivity index (χ4n) is 8.03. The minimum Gasteiger partial charge on any atom is -0.255 e. The van der Waals surface area contributed by atoms with E-state index in [-0.39, 0.29) is 0 Å². The van der Waals surface area contributed by atoms with Crippen molar-refractivity contribution in [1.29, 1.82) is 0 Å². The summed E-state index contributed by atoms with van der Waals surface area (Å²) in [4.78, 5) is 5.11. The summed E-state index contributed by atoms with van der Waals surface area (Å²) in [6.07, 6.45) is 9.19. The molecule has 5 rings (SSSR count). The van der Waals surface area contributed by atoms with Gasteiger partial charge in [0.15, 0.2) is 0 Å². The van der Waals surface area contributed by atoms with Crippen LogP contribution in [0.5, 0.6) is 0 Å². The molecule has 1 aliphatic carbocycles. The molecule has 0 spiro atoms. The maximum absolute atomic E-state index is 5.11. The van der Waals surface area contributed by atoms with Gasteiger partial charge in [-0.3, -0.25) is 4.98 Å². The van der Waals surface area contributed by atoms with E-state index in [4.69, 9.17) is 4.98 Å². The van der Waals surface area contributed by atoms with Crippen LogP contribution < -0.4 is 4.50 Å². The van der Waals surface area contributed by atoms with E-state index < -0.39 is 8.07 Å². The Bertz CT molecular complexity index is 1470. The second-order valence-corrected chi connectivity index (χ2v) is 21.2. The molecule has 0 unspecified atom stereocenters. The molecule has 0 amide bonds. The number of thiophene rings is 1. The smallest absolute Gasteiger partial charge is 0.104 e. The molecule has 1 fully saturated rings. The molecule has 0 aliphatic heterocycles. The lowest BCUT2D eigenvalue weighted by Crippen LogP contribution is -2.56. The van der Waals surface area contributed by atoms with Gasteiger partial charge in [-0.15, -0.1) is 11.3 Å². The Labute approximate surface area is 248 Å². The molecule has 40 heavy (non-hydrogen) atoms. The lowest BCUT2D eigenvalue weighted by Gasteiger charge is -2.47.